The Kier molecular flexibility index (Phi) is 7.85. The predicted octanol–water partition coefficient (Wildman–Crippen LogP) is 4.81. The van der Waals surface area contributed by atoms with E-state index in [0.717, 1.165) is 58.5 Å². The van der Waals surface area contributed by atoms with Gasteiger partial charge in [-0.2, -0.15) is 0 Å². The normalized spacial score (nSPS) is 17.9. The highest BCUT2D eigenvalue weighted by Crippen LogP contribution is 2.25. The van der Waals surface area contributed by atoms with Crippen molar-refractivity contribution < 1.29 is 4.79 Å². The van der Waals surface area contributed by atoms with Crippen molar-refractivity contribution in [1.82, 2.24) is 19.7 Å². The lowest BCUT2D eigenvalue weighted by atomic mass is 9.95. The maximum absolute atomic E-state index is 12.7. The lowest BCUT2D eigenvalue weighted by Gasteiger charge is -2.31. The molecule has 0 radical (unpaired) electrons. The zero-order valence-corrected chi connectivity index (χ0v) is 21.2. The first-order valence-electron chi connectivity index (χ1n) is 13.5. The van der Waals surface area contributed by atoms with E-state index in [-0.39, 0.29) is 11.8 Å². The Morgan fingerprint density at radius 1 is 0.914 bits per heavy atom. The van der Waals surface area contributed by atoms with Crippen LogP contribution >= 0.6 is 0 Å². The van der Waals surface area contributed by atoms with E-state index in [1.165, 1.54) is 53.7 Å². The molecule has 5 nitrogen and oxygen atoms in total. The van der Waals surface area contributed by atoms with Gasteiger partial charge in [-0.25, -0.2) is 0 Å². The lowest BCUT2D eigenvalue weighted by Crippen LogP contribution is -2.41. The number of aromatic nitrogens is 1. The van der Waals surface area contributed by atoms with Crippen molar-refractivity contribution in [2.75, 3.05) is 39.3 Å². The van der Waals surface area contributed by atoms with Gasteiger partial charge in [0, 0.05) is 36.8 Å². The number of carbonyl (C=O) groups is 1. The minimum absolute atomic E-state index is 0.163. The molecule has 3 aromatic rings. The molecule has 0 atom stereocenters. The third kappa shape index (κ3) is 6.14. The van der Waals surface area contributed by atoms with Gasteiger partial charge in [0.05, 0.1) is 0 Å². The van der Waals surface area contributed by atoms with E-state index in [0.29, 0.717) is 0 Å². The summed E-state index contributed by atoms with van der Waals surface area (Å²) in [5, 5.41) is 4.51. The molecular weight excluding hydrogens is 432 g/mol. The van der Waals surface area contributed by atoms with Crippen LogP contribution in [0, 0.1) is 12.8 Å². The minimum Gasteiger partial charge on any atom is -0.356 e. The van der Waals surface area contributed by atoms with Crippen LogP contribution in [0.2, 0.25) is 0 Å². The molecule has 186 valence electrons. The fourth-order valence-corrected chi connectivity index (χ4v) is 5.71. The van der Waals surface area contributed by atoms with Gasteiger partial charge in [-0.05, 0) is 94.8 Å². The van der Waals surface area contributed by atoms with E-state index in [2.05, 4.69) is 81.2 Å². The van der Waals surface area contributed by atoms with E-state index < -0.39 is 0 Å². The van der Waals surface area contributed by atoms with Crippen LogP contribution in [0.25, 0.3) is 10.9 Å². The van der Waals surface area contributed by atoms with Gasteiger partial charge in [0.25, 0.3) is 0 Å². The van der Waals surface area contributed by atoms with Gasteiger partial charge in [-0.15, -0.1) is 0 Å². The summed E-state index contributed by atoms with van der Waals surface area (Å²) in [5.41, 5.74) is 5.28. The zero-order chi connectivity index (χ0) is 24.0. The largest absolute Gasteiger partial charge is 0.356 e. The first-order valence-corrected chi connectivity index (χ1v) is 13.5. The van der Waals surface area contributed by atoms with Gasteiger partial charge in [-0.1, -0.05) is 48.0 Å². The first-order chi connectivity index (χ1) is 17.2. The van der Waals surface area contributed by atoms with Crippen LogP contribution < -0.4 is 5.32 Å². The van der Waals surface area contributed by atoms with Gasteiger partial charge in [0.1, 0.15) is 0 Å². The Hall–Kier alpha value is -2.63. The van der Waals surface area contributed by atoms with Crippen molar-refractivity contribution in [3.8, 4) is 0 Å². The summed E-state index contributed by atoms with van der Waals surface area (Å²) in [6.07, 6.45) is 5.64. The number of nitrogens with one attached hydrogen (secondary N) is 1. The Balaban J connectivity index is 1.15. The molecule has 0 aliphatic carbocycles. The van der Waals surface area contributed by atoms with Crippen molar-refractivity contribution in [2.24, 2.45) is 5.92 Å². The fraction of sp³-hybridized carbons (Fsp3) is 0.500. The molecule has 5 heteroatoms. The molecule has 2 aliphatic heterocycles. The number of nitrogens with zero attached hydrogens (tertiary/aromatic N) is 3. The van der Waals surface area contributed by atoms with E-state index in [4.69, 9.17) is 0 Å². The second-order valence-electron chi connectivity index (χ2n) is 10.5. The number of para-hydroxylation sites is 1. The summed E-state index contributed by atoms with van der Waals surface area (Å²) >= 11 is 0. The second-order valence-corrected chi connectivity index (χ2v) is 10.5. The SMILES string of the molecule is Cc1ccc(Cn2c(CN3CCC(C(=O)NCCCN4CCCC4)CC3)cc3ccccc32)cc1. The van der Waals surface area contributed by atoms with E-state index in [9.17, 15) is 4.79 Å². The van der Waals surface area contributed by atoms with Gasteiger partial charge >= 0.3 is 0 Å². The monoisotopic (exact) mass is 472 g/mol. The number of hydrogen-bond acceptors (Lipinski definition) is 3. The molecule has 0 bridgehead atoms. The lowest BCUT2D eigenvalue weighted by molar-refractivity contribution is -0.126. The summed E-state index contributed by atoms with van der Waals surface area (Å²) in [5.74, 6) is 0.427. The average Bonchev–Trinajstić information content (AvgIpc) is 3.52. The first kappa shape index (κ1) is 24.1. The van der Waals surface area contributed by atoms with Crippen LogP contribution in [-0.2, 0) is 17.9 Å². The Labute approximate surface area is 210 Å². The maximum Gasteiger partial charge on any atom is 0.223 e. The zero-order valence-electron chi connectivity index (χ0n) is 21.2. The van der Waals surface area contributed by atoms with Crippen molar-refractivity contribution >= 4 is 16.8 Å². The van der Waals surface area contributed by atoms with E-state index in [1.807, 2.05) is 0 Å². The third-order valence-corrected chi connectivity index (χ3v) is 7.85. The summed E-state index contributed by atoms with van der Waals surface area (Å²) in [7, 11) is 0. The molecule has 3 heterocycles. The summed E-state index contributed by atoms with van der Waals surface area (Å²) in [6, 6.07) is 19.9. The topological polar surface area (TPSA) is 40.5 Å². The number of hydrogen-bond donors (Lipinski definition) is 1. The van der Waals surface area contributed by atoms with E-state index >= 15 is 0 Å². The smallest absolute Gasteiger partial charge is 0.223 e. The second kappa shape index (κ2) is 11.4. The number of aryl methyl sites for hydroxylation is 1. The molecule has 2 saturated heterocycles. The molecule has 0 spiro atoms. The molecule has 1 aromatic heterocycles. The minimum atomic E-state index is 0.163. The van der Waals surface area contributed by atoms with Crippen LogP contribution in [-0.4, -0.2) is 59.5 Å². The molecule has 35 heavy (non-hydrogen) atoms. The van der Waals surface area contributed by atoms with Crippen molar-refractivity contribution in [1.29, 1.82) is 0 Å². The van der Waals surface area contributed by atoms with Crippen molar-refractivity contribution in [3.05, 3.63) is 71.4 Å². The van der Waals surface area contributed by atoms with Crippen LogP contribution in [0.4, 0.5) is 0 Å². The van der Waals surface area contributed by atoms with E-state index in [1.54, 1.807) is 0 Å². The highest BCUT2D eigenvalue weighted by atomic mass is 16.1. The highest BCUT2D eigenvalue weighted by Gasteiger charge is 2.25. The molecule has 2 aromatic carbocycles. The number of benzene rings is 2. The van der Waals surface area contributed by atoms with Crippen LogP contribution in [0.1, 0.15) is 48.9 Å². The molecule has 0 unspecified atom stereocenters. The van der Waals surface area contributed by atoms with Gasteiger partial charge in [-0.3, -0.25) is 9.69 Å². The molecule has 0 saturated carbocycles. The Morgan fingerprint density at radius 2 is 1.66 bits per heavy atom. The number of amides is 1. The number of carbonyl (C=O) groups excluding carboxylic acids is 1. The predicted molar refractivity (Wildman–Crippen MR) is 144 cm³/mol. The quantitative estimate of drug-likeness (QED) is 0.454. The number of fused-ring (bicyclic) bond motifs is 1. The Bertz CT molecular complexity index is 1110. The van der Waals surface area contributed by atoms with Gasteiger partial charge < -0.3 is 14.8 Å². The molecule has 1 N–H and O–H groups in total. The maximum atomic E-state index is 12.7. The molecule has 5 rings (SSSR count). The molecule has 2 aliphatic rings. The highest BCUT2D eigenvalue weighted by molar-refractivity contribution is 5.81. The summed E-state index contributed by atoms with van der Waals surface area (Å²) in [4.78, 5) is 17.8. The summed E-state index contributed by atoms with van der Waals surface area (Å²) < 4.78 is 2.47. The van der Waals surface area contributed by atoms with Crippen LogP contribution in [0.5, 0.6) is 0 Å². The van der Waals surface area contributed by atoms with Crippen molar-refractivity contribution in [3.63, 3.8) is 0 Å². The van der Waals surface area contributed by atoms with Crippen LogP contribution in [0.15, 0.2) is 54.6 Å². The third-order valence-electron chi connectivity index (χ3n) is 7.85. The number of rotatable bonds is 9. The Morgan fingerprint density at radius 3 is 2.43 bits per heavy atom. The molecular formula is C30H40N4O. The number of piperidine rings is 1. The standard InChI is InChI=1S/C30H40N4O/c1-24-9-11-25(12-10-24)22-34-28(21-27-7-2-3-8-29(27)34)23-33-19-13-26(14-20-33)30(35)31-15-6-18-32-16-4-5-17-32/h2-3,7-12,21,26H,4-6,13-20,22-23H2,1H3,(H,31,35). The van der Waals surface area contributed by atoms with Crippen molar-refractivity contribution in [2.45, 2.75) is 52.1 Å². The summed E-state index contributed by atoms with van der Waals surface area (Å²) in [6.45, 7) is 10.3. The van der Waals surface area contributed by atoms with Gasteiger partial charge in [0.15, 0.2) is 0 Å². The molecule has 2 fully saturated rings. The van der Waals surface area contributed by atoms with Gasteiger partial charge in [0.2, 0.25) is 5.91 Å². The fourth-order valence-electron chi connectivity index (χ4n) is 5.71. The molecule has 1 amide bonds. The van der Waals surface area contributed by atoms with Crippen LogP contribution in [0.3, 0.4) is 0 Å². The number of likely N-dealkylation sites (tertiary alicyclic amines) is 2. The average molecular weight is 473 g/mol.